The van der Waals surface area contributed by atoms with Crippen molar-refractivity contribution in [1.29, 1.82) is 0 Å². The van der Waals surface area contributed by atoms with Gasteiger partial charge in [-0.25, -0.2) is 4.98 Å². The SMILES string of the molecule is CCC#Cc1ccc(-c2cscn2)cc1. The molecule has 1 aromatic carbocycles. The minimum atomic E-state index is 0.897. The second-order valence-electron chi connectivity index (χ2n) is 3.11. The first-order valence-corrected chi connectivity index (χ1v) is 5.82. The lowest BCUT2D eigenvalue weighted by Crippen LogP contribution is -1.78. The molecular weight excluding hydrogens is 202 g/mol. The Morgan fingerprint density at radius 3 is 2.67 bits per heavy atom. The van der Waals surface area contributed by atoms with Crippen LogP contribution in [-0.2, 0) is 0 Å². The fraction of sp³-hybridized carbons (Fsp3) is 0.154. The van der Waals surface area contributed by atoms with Crippen LogP contribution in [0.1, 0.15) is 18.9 Å². The first kappa shape index (κ1) is 9.95. The molecule has 0 N–H and O–H groups in total. The van der Waals surface area contributed by atoms with Crippen molar-refractivity contribution in [2.45, 2.75) is 13.3 Å². The van der Waals surface area contributed by atoms with E-state index in [1.54, 1.807) is 11.3 Å². The summed E-state index contributed by atoms with van der Waals surface area (Å²) in [6.07, 6.45) is 0.897. The number of rotatable bonds is 1. The maximum Gasteiger partial charge on any atom is 0.0811 e. The van der Waals surface area contributed by atoms with Crippen LogP contribution in [0.4, 0.5) is 0 Å². The van der Waals surface area contributed by atoms with Crippen molar-refractivity contribution in [3.63, 3.8) is 0 Å². The Morgan fingerprint density at radius 1 is 1.27 bits per heavy atom. The second-order valence-corrected chi connectivity index (χ2v) is 3.83. The summed E-state index contributed by atoms with van der Waals surface area (Å²) in [5, 5.41) is 2.05. The Hall–Kier alpha value is -1.59. The van der Waals surface area contributed by atoms with E-state index in [1.165, 1.54) is 0 Å². The van der Waals surface area contributed by atoms with Gasteiger partial charge in [0.2, 0.25) is 0 Å². The number of thiazole rings is 1. The molecule has 0 bridgehead atoms. The van der Waals surface area contributed by atoms with Crippen LogP contribution in [0.15, 0.2) is 35.2 Å². The van der Waals surface area contributed by atoms with Gasteiger partial charge in [-0.15, -0.1) is 11.3 Å². The van der Waals surface area contributed by atoms with Crippen molar-refractivity contribution in [3.05, 3.63) is 40.7 Å². The molecule has 0 aliphatic rings. The van der Waals surface area contributed by atoms with Crippen LogP contribution in [0.2, 0.25) is 0 Å². The fourth-order valence-electron chi connectivity index (χ4n) is 1.27. The van der Waals surface area contributed by atoms with Crippen molar-refractivity contribution in [3.8, 4) is 23.1 Å². The van der Waals surface area contributed by atoms with E-state index in [-0.39, 0.29) is 0 Å². The van der Waals surface area contributed by atoms with Gasteiger partial charge in [0.1, 0.15) is 0 Å². The molecule has 1 heterocycles. The van der Waals surface area contributed by atoms with Crippen LogP contribution in [0.5, 0.6) is 0 Å². The number of aromatic nitrogens is 1. The molecule has 0 radical (unpaired) electrons. The summed E-state index contributed by atoms with van der Waals surface area (Å²) in [6.45, 7) is 2.05. The topological polar surface area (TPSA) is 12.9 Å². The summed E-state index contributed by atoms with van der Waals surface area (Å²) < 4.78 is 0. The Balaban J connectivity index is 2.25. The normalized spacial score (nSPS) is 9.40. The summed E-state index contributed by atoms with van der Waals surface area (Å²) in [7, 11) is 0. The molecule has 74 valence electrons. The van der Waals surface area contributed by atoms with Crippen molar-refractivity contribution in [2.24, 2.45) is 0 Å². The largest absolute Gasteiger partial charge is 0.245 e. The molecule has 15 heavy (non-hydrogen) atoms. The molecule has 0 saturated heterocycles. The Labute approximate surface area is 93.8 Å². The Morgan fingerprint density at radius 2 is 2.07 bits per heavy atom. The highest BCUT2D eigenvalue weighted by Crippen LogP contribution is 2.18. The average Bonchev–Trinajstić information content (AvgIpc) is 2.80. The summed E-state index contributed by atoms with van der Waals surface area (Å²) in [5.41, 5.74) is 5.10. The Bertz CT molecular complexity index is 471. The first-order valence-electron chi connectivity index (χ1n) is 4.87. The highest BCUT2D eigenvalue weighted by Gasteiger charge is 1.97. The third kappa shape index (κ3) is 2.45. The predicted molar refractivity (Wildman–Crippen MR) is 64.7 cm³/mol. The molecule has 0 fully saturated rings. The fourth-order valence-corrected chi connectivity index (χ4v) is 1.83. The molecular formula is C13H11NS. The molecule has 0 amide bonds. The van der Waals surface area contributed by atoms with Crippen molar-refractivity contribution in [2.75, 3.05) is 0 Å². The third-order valence-electron chi connectivity index (χ3n) is 2.02. The lowest BCUT2D eigenvalue weighted by molar-refractivity contribution is 1.28. The second kappa shape index (κ2) is 4.77. The molecule has 0 saturated carbocycles. The smallest absolute Gasteiger partial charge is 0.0811 e. The minimum Gasteiger partial charge on any atom is -0.245 e. The van der Waals surface area contributed by atoms with E-state index in [0.29, 0.717) is 0 Å². The molecule has 2 rings (SSSR count). The number of benzene rings is 1. The van der Waals surface area contributed by atoms with Gasteiger partial charge in [-0.1, -0.05) is 30.9 Å². The van der Waals surface area contributed by atoms with Crippen molar-refractivity contribution < 1.29 is 0 Å². The van der Waals surface area contributed by atoms with Gasteiger partial charge in [-0.3, -0.25) is 0 Å². The van der Waals surface area contributed by atoms with Gasteiger partial charge in [0.05, 0.1) is 11.2 Å². The lowest BCUT2D eigenvalue weighted by atomic mass is 10.1. The Kier molecular flexibility index (Phi) is 3.16. The predicted octanol–water partition coefficient (Wildman–Crippen LogP) is 3.57. The zero-order chi connectivity index (χ0) is 10.5. The summed E-state index contributed by atoms with van der Waals surface area (Å²) in [6, 6.07) is 8.21. The number of hydrogen-bond donors (Lipinski definition) is 0. The number of hydrogen-bond acceptors (Lipinski definition) is 2. The molecule has 0 aliphatic heterocycles. The lowest BCUT2D eigenvalue weighted by Gasteiger charge is -1.96. The standard InChI is InChI=1S/C13H11NS/c1-2-3-4-11-5-7-12(8-6-11)13-9-15-10-14-13/h5-10H,2H2,1H3. The van der Waals surface area contributed by atoms with Crippen LogP contribution in [0.3, 0.4) is 0 Å². The van der Waals surface area contributed by atoms with Crippen LogP contribution >= 0.6 is 11.3 Å². The highest BCUT2D eigenvalue weighted by molar-refractivity contribution is 7.07. The van der Waals surface area contributed by atoms with Gasteiger partial charge in [0.15, 0.2) is 0 Å². The quantitative estimate of drug-likeness (QED) is 0.660. The molecule has 1 aromatic heterocycles. The molecule has 2 heteroatoms. The van der Waals surface area contributed by atoms with Gasteiger partial charge in [-0.05, 0) is 12.1 Å². The van der Waals surface area contributed by atoms with E-state index in [9.17, 15) is 0 Å². The van der Waals surface area contributed by atoms with Crippen LogP contribution in [0, 0.1) is 11.8 Å². The molecule has 0 spiro atoms. The van der Waals surface area contributed by atoms with Crippen LogP contribution < -0.4 is 0 Å². The zero-order valence-electron chi connectivity index (χ0n) is 8.53. The van der Waals surface area contributed by atoms with E-state index in [0.717, 1.165) is 23.2 Å². The van der Waals surface area contributed by atoms with Crippen LogP contribution in [-0.4, -0.2) is 4.98 Å². The maximum atomic E-state index is 4.26. The summed E-state index contributed by atoms with van der Waals surface area (Å²) in [4.78, 5) is 4.26. The summed E-state index contributed by atoms with van der Waals surface area (Å²) in [5.74, 6) is 6.15. The molecule has 1 nitrogen and oxygen atoms in total. The summed E-state index contributed by atoms with van der Waals surface area (Å²) >= 11 is 1.61. The third-order valence-corrected chi connectivity index (χ3v) is 2.61. The molecule has 0 atom stereocenters. The first-order chi connectivity index (χ1) is 7.40. The molecule has 0 aliphatic carbocycles. The average molecular weight is 213 g/mol. The number of nitrogens with zero attached hydrogens (tertiary/aromatic N) is 1. The van der Waals surface area contributed by atoms with Crippen molar-refractivity contribution in [1.82, 2.24) is 4.98 Å². The van der Waals surface area contributed by atoms with E-state index in [1.807, 2.05) is 23.0 Å². The van der Waals surface area contributed by atoms with Gasteiger partial charge in [-0.2, -0.15) is 0 Å². The van der Waals surface area contributed by atoms with E-state index in [2.05, 4.69) is 35.9 Å². The minimum absolute atomic E-state index is 0.897. The van der Waals surface area contributed by atoms with Gasteiger partial charge >= 0.3 is 0 Å². The monoisotopic (exact) mass is 213 g/mol. The van der Waals surface area contributed by atoms with Crippen LogP contribution in [0.25, 0.3) is 11.3 Å². The molecule has 0 unspecified atom stereocenters. The van der Waals surface area contributed by atoms with Gasteiger partial charge in [0, 0.05) is 22.9 Å². The molecule has 2 aromatic rings. The van der Waals surface area contributed by atoms with Crippen molar-refractivity contribution >= 4 is 11.3 Å². The van der Waals surface area contributed by atoms with E-state index < -0.39 is 0 Å². The van der Waals surface area contributed by atoms with E-state index >= 15 is 0 Å². The van der Waals surface area contributed by atoms with E-state index in [4.69, 9.17) is 0 Å². The van der Waals surface area contributed by atoms with Gasteiger partial charge < -0.3 is 0 Å². The highest BCUT2D eigenvalue weighted by atomic mass is 32.1. The van der Waals surface area contributed by atoms with Gasteiger partial charge in [0.25, 0.3) is 0 Å². The zero-order valence-corrected chi connectivity index (χ0v) is 9.34. The maximum absolute atomic E-state index is 4.26.